The average Bonchev–Trinajstić information content (AvgIpc) is 2.95. The van der Waals surface area contributed by atoms with Crippen LogP contribution >= 0.6 is 0 Å². The highest BCUT2D eigenvalue weighted by molar-refractivity contribution is 7.89. The molecule has 140 valence electrons. The fourth-order valence-corrected chi connectivity index (χ4v) is 4.23. The average molecular weight is 371 g/mol. The van der Waals surface area contributed by atoms with Gasteiger partial charge < -0.3 is 15.5 Å². The maximum Gasteiger partial charge on any atom is 0.287 e. The molecule has 1 saturated carbocycles. The summed E-state index contributed by atoms with van der Waals surface area (Å²) in [5, 5.41) is 2.46. The molecule has 2 atom stereocenters. The van der Waals surface area contributed by atoms with E-state index >= 15 is 0 Å². The number of carbonyl (C=O) groups is 2. The number of amides is 2. The predicted octanol–water partition coefficient (Wildman–Crippen LogP) is 1.13. The molecule has 25 heavy (non-hydrogen) atoms. The minimum absolute atomic E-state index is 0.0875. The lowest BCUT2D eigenvalue weighted by Gasteiger charge is -2.27. The highest BCUT2D eigenvalue weighted by Crippen LogP contribution is 2.24. The zero-order chi connectivity index (χ0) is 18.8. The second kappa shape index (κ2) is 7.17. The van der Waals surface area contributed by atoms with Gasteiger partial charge in [-0.2, -0.15) is 0 Å². The van der Waals surface area contributed by atoms with Gasteiger partial charge in [-0.3, -0.25) is 9.59 Å². The first-order chi connectivity index (χ1) is 11.5. The van der Waals surface area contributed by atoms with Gasteiger partial charge in [0, 0.05) is 17.5 Å². The summed E-state index contributed by atoms with van der Waals surface area (Å²) in [6.07, 6.45) is 2.75. The third kappa shape index (κ3) is 5.30. The first-order valence-corrected chi connectivity index (χ1v) is 9.70. The van der Waals surface area contributed by atoms with Crippen molar-refractivity contribution in [1.82, 2.24) is 10.0 Å². The molecular weight excluding hydrogens is 346 g/mol. The molecule has 0 aliphatic heterocycles. The SMILES string of the molecule is CC(C)(C)NS(=O)(=O)c1ccc(C(=O)N[C@H]2CCC[C@H](C(N)=O)C2)o1. The van der Waals surface area contributed by atoms with Crippen molar-refractivity contribution < 1.29 is 22.4 Å². The molecule has 2 rings (SSSR count). The number of sulfonamides is 1. The first kappa shape index (κ1) is 19.5. The summed E-state index contributed by atoms with van der Waals surface area (Å²) in [4.78, 5) is 23.6. The van der Waals surface area contributed by atoms with Crippen LogP contribution in [-0.2, 0) is 14.8 Å². The van der Waals surface area contributed by atoms with Crippen molar-refractivity contribution in [2.24, 2.45) is 11.7 Å². The van der Waals surface area contributed by atoms with Crippen molar-refractivity contribution in [3.63, 3.8) is 0 Å². The van der Waals surface area contributed by atoms with Gasteiger partial charge in [-0.1, -0.05) is 6.42 Å². The van der Waals surface area contributed by atoms with Crippen LogP contribution < -0.4 is 15.8 Å². The molecule has 9 heteroatoms. The van der Waals surface area contributed by atoms with Crippen LogP contribution in [0.3, 0.4) is 0 Å². The van der Waals surface area contributed by atoms with Crippen molar-refractivity contribution in [1.29, 1.82) is 0 Å². The normalized spacial score (nSPS) is 21.7. The molecule has 0 unspecified atom stereocenters. The fourth-order valence-electron chi connectivity index (χ4n) is 2.88. The second-order valence-electron chi connectivity index (χ2n) is 7.41. The molecule has 0 radical (unpaired) electrons. The Morgan fingerprint density at radius 2 is 1.92 bits per heavy atom. The number of hydrogen-bond donors (Lipinski definition) is 3. The second-order valence-corrected chi connectivity index (χ2v) is 9.02. The summed E-state index contributed by atoms with van der Waals surface area (Å²) in [5.41, 5.74) is 4.66. The molecule has 1 heterocycles. The van der Waals surface area contributed by atoms with E-state index in [0.29, 0.717) is 6.42 Å². The summed E-state index contributed by atoms with van der Waals surface area (Å²) < 4.78 is 32.1. The van der Waals surface area contributed by atoms with Crippen LogP contribution in [0.1, 0.15) is 57.0 Å². The Morgan fingerprint density at radius 3 is 2.52 bits per heavy atom. The predicted molar refractivity (Wildman–Crippen MR) is 91.2 cm³/mol. The zero-order valence-electron chi connectivity index (χ0n) is 14.7. The summed E-state index contributed by atoms with van der Waals surface area (Å²) in [6.45, 7) is 5.12. The Kier molecular flexibility index (Phi) is 5.58. The van der Waals surface area contributed by atoms with Crippen molar-refractivity contribution >= 4 is 21.8 Å². The lowest BCUT2D eigenvalue weighted by atomic mass is 9.85. The fraction of sp³-hybridized carbons (Fsp3) is 0.625. The summed E-state index contributed by atoms with van der Waals surface area (Å²) in [7, 11) is -3.84. The monoisotopic (exact) mass is 371 g/mol. The molecule has 0 spiro atoms. The third-order valence-electron chi connectivity index (χ3n) is 3.92. The molecule has 0 saturated heterocycles. The third-order valence-corrected chi connectivity index (χ3v) is 5.55. The highest BCUT2D eigenvalue weighted by atomic mass is 32.2. The molecule has 0 bridgehead atoms. The zero-order valence-corrected chi connectivity index (χ0v) is 15.5. The van der Waals surface area contributed by atoms with Gasteiger partial charge in [0.05, 0.1) is 0 Å². The van der Waals surface area contributed by atoms with Crippen LogP contribution in [0.2, 0.25) is 0 Å². The van der Waals surface area contributed by atoms with E-state index < -0.39 is 21.5 Å². The van der Waals surface area contributed by atoms with E-state index in [9.17, 15) is 18.0 Å². The molecule has 4 N–H and O–H groups in total. The van der Waals surface area contributed by atoms with Crippen molar-refractivity contribution in [2.75, 3.05) is 0 Å². The summed E-state index contributed by atoms with van der Waals surface area (Å²) >= 11 is 0. The van der Waals surface area contributed by atoms with Crippen LogP contribution in [0, 0.1) is 5.92 Å². The highest BCUT2D eigenvalue weighted by Gasteiger charge is 2.29. The van der Waals surface area contributed by atoms with Gasteiger partial charge in [0.15, 0.2) is 5.76 Å². The van der Waals surface area contributed by atoms with E-state index in [1.807, 2.05) is 0 Å². The van der Waals surface area contributed by atoms with Gasteiger partial charge in [0.2, 0.25) is 11.0 Å². The van der Waals surface area contributed by atoms with E-state index in [0.717, 1.165) is 19.3 Å². The lowest BCUT2D eigenvalue weighted by molar-refractivity contribution is -0.122. The molecule has 1 aliphatic carbocycles. The number of primary amides is 1. The summed E-state index contributed by atoms with van der Waals surface area (Å²) in [6, 6.07) is 2.38. The van der Waals surface area contributed by atoms with Crippen LogP contribution in [0.15, 0.2) is 21.6 Å². The lowest BCUT2D eigenvalue weighted by Crippen LogP contribution is -2.41. The van der Waals surface area contributed by atoms with Crippen LogP contribution in [0.4, 0.5) is 0 Å². The van der Waals surface area contributed by atoms with Crippen molar-refractivity contribution in [3.05, 3.63) is 17.9 Å². The first-order valence-electron chi connectivity index (χ1n) is 8.22. The quantitative estimate of drug-likeness (QED) is 0.714. The van der Waals surface area contributed by atoms with Gasteiger partial charge >= 0.3 is 0 Å². The van der Waals surface area contributed by atoms with E-state index in [1.165, 1.54) is 12.1 Å². The maximum absolute atomic E-state index is 12.3. The van der Waals surface area contributed by atoms with Gasteiger partial charge in [0.25, 0.3) is 15.9 Å². The minimum Gasteiger partial charge on any atom is -0.438 e. The molecular formula is C16H25N3O5S. The largest absolute Gasteiger partial charge is 0.438 e. The molecule has 1 aromatic rings. The Labute approximate surface area is 147 Å². The Balaban J connectivity index is 2.04. The standard InChI is InChI=1S/C16H25N3O5S/c1-16(2,3)19-25(22,23)13-8-7-12(24-13)15(21)18-11-6-4-5-10(9-11)14(17)20/h7-8,10-11,19H,4-6,9H2,1-3H3,(H2,17,20)(H,18,21)/t10-,11-/m0/s1. The molecule has 1 aliphatic rings. The van der Waals surface area contributed by atoms with Gasteiger partial charge in [-0.25, -0.2) is 13.1 Å². The van der Waals surface area contributed by atoms with Crippen LogP contribution in [-0.4, -0.2) is 31.8 Å². The maximum atomic E-state index is 12.3. The van der Waals surface area contributed by atoms with Gasteiger partial charge in [0.1, 0.15) is 0 Å². The molecule has 1 fully saturated rings. The molecule has 8 nitrogen and oxygen atoms in total. The number of rotatable bonds is 5. The number of furan rings is 1. The van der Waals surface area contributed by atoms with Crippen LogP contribution in [0.5, 0.6) is 0 Å². The molecule has 0 aromatic carbocycles. The van der Waals surface area contributed by atoms with Gasteiger partial charge in [-0.05, 0) is 52.2 Å². The van der Waals surface area contributed by atoms with E-state index in [1.54, 1.807) is 20.8 Å². The Morgan fingerprint density at radius 1 is 1.24 bits per heavy atom. The Hall–Kier alpha value is -1.87. The van der Waals surface area contributed by atoms with E-state index in [-0.39, 0.29) is 28.7 Å². The van der Waals surface area contributed by atoms with E-state index in [2.05, 4.69) is 10.0 Å². The van der Waals surface area contributed by atoms with E-state index in [4.69, 9.17) is 10.2 Å². The molecule has 2 amide bonds. The number of carbonyl (C=O) groups excluding carboxylic acids is 2. The van der Waals surface area contributed by atoms with Crippen molar-refractivity contribution in [2.45, 2.75) is 63.1 Å². The number of nitrogens with one attached hydrogen (secondary N) is 2. The molecule has 1 aromatic heterocycles. The smallest absolute Gasteiger partial charge is 0.287 e. The topological polar surface area (TPSA) is 132 Å². The van der Waals surface area contributed by atoms with Gasteiger partial charge in [-0.15, -0.1) is 0 Å². The minimum atomic E-state index is -3.84. The number of nitrogens with two attached hydrogens (primary N) is 1. The van der Waals surface area contributed by atoms with Crippen molar-refractivity contribution in [3.8, 4) is 0 Å². The Bertz CT molecular complexity index is 748. The summed E-state index contributed by atoms with van der Waals surface area (Å²) in [5.74, 6) is -1.20. The van der Waals surface area contributed by atoms with Crippen LogP contribution in [0.25, 0.3) is 0 Å². The number of hydrogen-bond acceptors (Lipinski definition) is 5.